The molecule has 1 aromatic carbocycles. The van der Waals surface area contributed by atoms with Gasteiger partial charge in [0.2, 0.25) is 0 Å². The highest BCUT2D eigenvalue weighted by Crippen LogP contribution is 2.29. The lowest BCUT2D eigenvalue weighted by atomic mass is 9.83. The first-order valence-corrected chi connectivity index (χ1v) is 6.87. The first kappa shape index (κ1) is 11.6. The number of carbonyl (C=O) groups excluding carboxylic acids is 1. The molecule has 1 aliphatic carbocycles. The van der Waals surface area contributed by atoms with E-state index in [1.54, 1.807) is 0 Å². The van der Waals surface area contributed by atoms with Crippen molar-refractivity contribution >= 4 is 11.7 Å². The van der Waals surface area contributed by atoms with Gasteiger partial charge in [0.15, 0.2) is 0 Å². The van der Waals surface area contributed by atoms with Crippen LogP contribution >= 0.6 is 0 Å². The smallest absolute Gasteiger partial charge is 0.338 e. The van der Waals surface area contributed by atoms with Crippen molar-refractivity contribution in [1.82, 2.24) is 0 Å². The lowest BCUT2D eigenvalue weighted by Gasteiger charge is -2.24. The van der Waals surface area contributed by atoms with Crippen molar-refractivity contribution < 1.29 is 9.53 Å². The maximum Gasteiger partial charge on any atom is 0.338 e. The molecule has 0 radical (unpaired) electrons. The Bertz CT molecular complexity index is 452. The first-order chi connectivity index (χ1) is 8.83. The summed E-state index contributed by atoms with van der Waals surface area (Å²) in [7, 11) is 0. The third kappa shape index (κ3) is 2.35. The van der Waals surface area contributed by atoms with E-state index in [0.29, 0.717) is 12.2 Å². The Labute approximate surface area is 108 Å². The topological polar surface area (TPSA) is 38.3 Å². The Balaban J connectivity index is 1.54. The first-order valence-electron chi connectivity index (χ1n) is 6.87. The second-order valence-corrected chi connectivity index (χ2v) is 5.27. The Morgan fingerprint density at radius 2 is 2.28 bits per heavy atom. The number of rotatable bonds is 4. The van der Waals surface area contributed by atoms with Gasteiger partial charge in [-0.1, -0.05) is 19.3 Å². The normalized spacial score (nSPS) is 17.8. The molecule has 0 atom stereocenters. The molecule has 96 valence electrons. The summed E-state index contributed by atoms with van der Waals surface area (Å²) in [6, 6.07) is 5.79. The van der Waals surface area contributed by atoms with E-state index >= 15 is 0 Å². The van der Waals surface area contributed by atoms with Gasteiger partial charge in [0.1, 0.15) is 0 Å². The van der Waals surface area contributed by atoms with E-state index in [1.165, 1.54) is 24.8 Å². The van der Waals surface area contributed by atoms with E-state index in [4.69, 9.17) is 4.74 Å². The molecule has 1 aliphatic heterocycles. The number of fused-ring (bicyclic) bond motifs is 1. The second-order valence-electron chi connectivity index (χ2n) is 5.27. The number of ether oxygens (including phenoxy) is 1. The molecule has 0 bridgehead atoms. The fraction of sp³-hybridized carbons (Fsp3) is 0.533. The van der Waals surface area contributed by atoms with E-state index in [9.17, 15) is 4.79 Å². The average molecular weight is 245 g/mol. The highest BCUT2D eigenvalue weighted by Gasteiger charge is 2.18. The molecule has 18 heavy (non-hydrogen) atoms. The monoisotopic (exact) mass is 245 g/mol. The Morgan fingerprint density at radius 3 is 3.06 bits per heavy atom. The van der Waals surface area contributed by atoms with Crippen LogP contribution in [0.1, 0.15) is 41.6 Å². The summed E-state index contributed by atoms with van der Waals surface area (Å²) in [4.78, 5) is 11.9. The average Bonchev–Trinajstić information content (AvgIpc) is 2.79. The third-order valence-corrected chi connectivity index (χ3v) is 4.03. The molecule has 3 rings (SSSR count). The van der Waals surface area contributed by atoms with Crippen LogP contribution in [0.4, 0.5) is 5.69 Å². The van der Waals surface area contributed by atoms with Gasteiger partial charge in [-0.2, -0.15) is 0 Å². The molecule has 0 spiro atoms. The molecule has 0 amide bonds. The predicted molar refractivity (Wildman–Crippen MR) is 70.9 cm³/mol. The summed E-state index contributed by atoms with van der Waals surface area (Å²) in [5.41, 5.74) is 3.07. The van der Waals surface area contributed by atoms with Crippen LogP contribution in [0.15, 0.2) is 18.2 Å². The van der Waals surface area contributed by atoms with Gasteiger partial charge >= 0.3 is 5.97 Å². The zero-order valence-electron chi connectivity index (χ0n) is 10.6. The highest BCUT2D eigenvalue weighted by molar-refractivity contribution is 5.90. The van der Waals surface area contributed by atoms with Gasteiger partial charge in [0, 0.05) is 12.2 Å². The van der Waals surface area contributed by atoms with E-state index in [-0.39, 0.29) is 5.97 Å². The number of hydrogen-bond acceptors (Lipinski definition) is 3. The van der Waals surface area contributed by atoms with Crippen molar-refractivity contribution in [3.63, 3.8) is 0 Å². The standard InChI is InChI=1S/C15H19NO2/c17-15(18-9-7-11-2-1-3-11)13-4-5-14-12(10-13)6-8-16-14/h4-5,10-11,16H,1-3,6-9H2. The van der Waals surface area contributed by atoms with Crippen LogP contribution in [0.2, 0.25) is 0 Å². The quantitative estimate of drug-likeness (QED) is 0.829. The van der Waals surface area contributed by atoms with Crippen LogP contribution < -0.4 is 5.32 Å². The Kier molecular flexibility index (Phi) is 3.22. The van der Waals surface area contributed by atoms with Crippen LogP contribution in [0.25, 0.3) is 0 Å². The minimum Gasteiger partial charge on any atom is -0.462 e. The van der Waals surface area contributed by atoms with E-state index in [1.807, 2.05) is 18.2 Å². The molecule has 1 aromatic rings. The molecule has 2 aliphatic rings. The minimum absolute atomic E-state index is 0.177. The molecule has 1 N–H and O–H groups in total. The van der Waals surface area contributed by atoms with E-state index in [0.717, 1.165) is 31.0 Å². The van der Waals surface area contributed by atoms with Crippen molar-refractivity contribution in [3.05, 3.63) is 29.3 Å². The fourth-order valence-electron chi connectivity index (χ4n) is 2.61. The molecule has 0 saturated heterocycles. The summed E-state index contributed by atoms with van der Waals surface area (Å²) in [5.74, 6) is 0.617. The Hall–Kier alpha value is -1.51. The number of nitrogens with one attached hydrogen (secondary N) is 1. The molecule has 3 heteroatoms. The zero-order chi connectivity index (χ0) is 12.4. The number of esters is 1. The summed E-state index contributed by atoms with van der Waals surface area (Å²) >= 11 is 0. The van der Waals surface area contributed by atoms with Gasteiger partial charge in [-0.25, -0.2) is 4.79 Å². The zero-order valence-corrected chi connectivity index (χ0v) is 10.6. The molecular weight excluding hydrogens is 226 g/mol. The lowest BCUT2D eigenvalue weighted by Crippen LogP contribution is -2.15. The molecule has 0 aromatic heterocycles. The van der Waals surface area contributed by atoms with Gasteiger partial charge in [-0.3, -0.25) is 0 Å². The maximum absolute atomic E-state index is 11.9. The molecule has 1 fully saturated rings. The van der Waals surface area contributed by atoms with Crippen LogP contribution in [-0.2, 0) is 11.2 Å². The van der Waals surface area contributed by atoms with Crippen molar-refractivity contribution in [1.29, 1.82) is 0 Å². The van der Waals surface area contributed by atoms with E-state index in [2.05, 4.69) is 5.32 Å². The number of carbonyl (C=O) groups is 1. The SMILES string of the molecule is O=C(OCCC1CCC1)c1ccc2c(c1)CCN2. The predicted octanol–water partition coefficient (Wildman–Crippen LogP) is 3.00. The molecule has 1 heterocycles. The molecular formula is C15H19NO2. The fourth-order valence-corrected chi connectivity index (χ4v) is 2.61. The largest absolute Gasteiger partial charge is 0.462 e. The number of hydrogen-bond donors (Lipinski definition) is 1. The van der Waals surface area contributed by atoms with Crippen LogP contribution in [0, 0.1) is 5.92 Å². The van der Waals surface area contributed by atoms with Crippen LogP contribution in [0.5, 0.6) is 0 Å². The van der Waals surface area contributed by atoms with Crippen molar-refractivity contribution in [2.24, 2.45) is 5.92 Å². The molecule has 0 unspecified atom stereocenters. The third-order valence-electron chi connectivity index (χ3n) is 4.03. The van der Waals surface area contributed by atoms with Crippen LogP contribution in [0.3, 0.4) is 0 Å². The van der Waals surface area contributed by atoms with Crippen LogP contribution in [-0.4, -0.2) is 19.1 Å². The summed E-state index contributed by atoms with van der Waals surface area (Å²) < 4.78 is 5.33. The number of anilines is 1. The summed E-state index contributed by atoms with van der Waals surface area (Å²) in [5, 5.41) is 3.29. The summed E-state index contributed by atoms with van der Waals surface area (Å²) in [6.07, 6.45) is 5.98. The van der Waals surface area contributed by atoms with Gasteiger partial charge in [-0.05, 0) is 42.5 Å². The second kappa shape index (κ2) is 5.01. The highest BCUT2D eigenvalue weighted by atomic mass is 16.5. The Morgan fingerprint density at radius 1 is 1.39 bits per heavy atom. The van der Waals surface area contributed by atoms with Crippen molar-refractivity contribution in [2.45, 2.75) is 32.1 Å². The minimum atomic E-state index is -0.177. The molecule has 1 saturated carbocycles. The van der Waals surface area contributed by atoms with Crippen molar-refractivity contribution in [2.75, 3.05) is 18.5 Å². The number of benzene rings is 1. The van der Waals surface area contributed by atoms with Gasteiger partial charge < -0.3 is 10.1 Å². The van der Waals surface area contributed by atoms with Gasteiger partial charge in [0.25, 0.3) is 0 Å². The van der Waals surface area contributed by atoms with Crippen molar-refractivity contribution in [3.8, 4) is 0 Å². The van der Waals surface area contributed by atoms with E-state index < -0.39 is 0 Å². The lowest BCUT2D eigenvalue weighted by molar-refractivity contribution is 0.0464. The van der Waals surface area contributed by atoms with Gasteiger partial charge in [0.05, 0.1) is 12.2 Å². The summed E-state index contributed by atoms with van der Waals surface area (Å²) in [6.45, 7) is 1.54. The maximum atomic E-state index is 11.9. The molecule has 3 nitrogen and oxygen atoms in total. The van der Waals surface area contributed by atoms with Gasteiger partial charge in [-0.15, -0.1) is 0 Å².